The summed E-state index contributed by atoms with van der Waals surface area (Å²) in [5, 5.41) is 11.3. The van der Waals surface area contributed by atoms with E-state index in [9.17, 15) is 9.59 Å². The van der Waals surface area contributed by atoms with E-state index in [-0.39, 0.29) is 11.8 Å². The lowest BCUT2D eigenvalue weighted by atomic mass is 10.1. The first-order valence-electron chi connectivity index (χ1n) is 5.75. The molecule has 5 heteroatoms. The minimum atomic E-state index is -0.797. The van der Waals surface area contributed by atoms with E-state index in [1.54, 1.807) is 6.92 Å². The molecule has 94 valence electrons. The summed E-state index contributed by atoms with van der Waals surface area (Å²) >= 11 is 0. The number of aliphatic carboxylic acids is 1. The second-order valence-electron chi connectivity index (χ2n) is 4.07. The average molecular weight is 230 g/mol. The van der Waals surface area contributed by atoms with E-state index in [1.165, 1.54) is 0 Å². The molecule has 1 amide bonds. The highest BCUT2D eigenvalue weighted by atomic mass is 16.4. The van der Waals surface area contributed by atoms with E-state index in [2.05, 4.69) is 5.32 Å². The smallest absolute Gasteiger partial charge is 0.306 e. The number of carboxylic acid groups (broad SMARTS) is 1. The molecule has 0 saturated carbocycles. The van der Waals surface area contributed by atoms with Crippen LogP contribution in [0, 0.1) is 5.92 Å². The van der Waals surface area contributed by atoms with Crippen LogP contribution in [0.15, 0.2) is 0 Å². The van der Waals surface area contributed by atoms with Gasteiger partial charge < -0.3 is 16.2 Å². The van der Waals surface area contributed by atoms with Crippen LogP contribution in [0.5, 0.6) is 0 Å². The lowest BCUT2D eigenvalue weighted by Gasteiger charge is -2.11. The number of carboxylic acids is 1. The van der Waals surface area contributed by atoms with Crippen molar-refractivity contribution in [1.29, 1.82) is 0 Å². The number of nitrogens with one attached hydrogen (secondary N) is 1. The molecule has 0 fully saturated rings. The van der Waals surface area contributed by atoms with Gasteiger partial charge in [0.15, 0.2) is 0 Å². The first kappa shape index (κ1) is 14.9. The molecule has 16 heavy (non-hydrogen) atoms. The van der Waals surface area contributed by atoms with E-state index < -0.39 is 12.0 Å². The number of carbonyl (C=O) groups excluding carboxylic acids is 1. The molecule has 0 saturated heterocycles. The maximum absolute atomic E-state index is 11.4. The van der Waals surface area contributed by atoms with Crippen molar-refractivity contribution in [1.82, 2.24) is 5.32 Å². The second kappa shape index (κ2) is 8.10. The van der Waals surface area contributed by atoms with Crippen LogP contribution in [0.25, 0.3) is 0 Å². The standard InChI is InChI=1S/C11H22N2O3/c1-3-5-9(12)10(14)13-7-4-6-8(2)11(15)16/h8-9H,3-7,12H2,1-2H3,(H,13,14)(H,15,16). The SMILES string of the molecule is CCCC(N)C(=O)NCCCC(C)C(=O)O. The minimum absolute atomic E-state index is 0.148. The lowest BCUT2D eigenvalue weighted by Crippen LogP contribution is -2.40. The van der Waals surface area contributed by atoms with Crippen molar-refractivity contribution in [2.45, 2.75) is 45.6 Å². The van der Waals surface area contributed by atoms with Gasteiger partial charge in [-0.15, -0.1) is 0 Å². The van der Waals surface area contributed by atoms with Crippen molar-refractivity contribution >= 4 is 11.9 Å². The third kappa shape index (κ3) is 6.40. The zero-order valence-electron chi connectivity index (χ0n) is 10.0. The maximum atomic E-state index is 11.4. The van der Waals surface area contributed by atoms with Crippen molar-refractivity contribution in [3.05, 3.63) is 0 Å². The highest BCUT2D eigenvalue weighted by Crippen LogP contribution is 2.04. The maximum Gasteiger partial charge on any atom is 0.306 e. The Kier molecular flexibility index (Phi) is 7.54. The highest BCUT2D eigenvalue weighted by molar-refractivity contribution is 5.81. The Balaban J connectivity index is 3.58. The third-order valence-corrected chi connectivity index (χ3v) is 2.47. The van der Waals surface area contributed by atoms with Crippen LogP contribution < -0.4 is 11.1 Å². The van der Waals surface area contributed by atoms with Crippen molar-refractivity contribution in [2.75, 3.05) is 6.54 Å². The molecule has 0 aliphatic heterocycles. The second-order valence-corrected chi connectivity index (χ2v) is 4.07. The highest BCUT2D eigenvalue weighted by Gasteiger charge is 2.12. The molecule has 0 aromatic carbocycles. The average Bonchev–Trinajstić information content (AvgIpc) is 2.23. The summed E-state index contributed by atoms with van der Waals surface area (Å²) in [5.41, 5.74) is 5.61. The number of hydrogen-bond acceptors (Lipinski definition) is 3. The predicted molar refractivity (Wildman–Crippen MR) is 61.9 cm³/mol. The monoisotopic (exact) mass is 230 g/mol. The normalized spacial score (nSPS) is 14.2. The largest absolute Gasteiger partial charge is 0.481 e. The molecule has 0 aromatic heterocycles. The molecule has 0 aromatic rings. The summed E-state index contributed by atoms with van der Waals surface area (Å²) in [5.74, 6) is -1.31. The molecule has 0 bridgehead atoms. The number of rotatable bonds is 8. The first-order valence-corrected chi connectivity index (χ1v) is 5.75. The van der Waals surface area contributed by atoms with Gasteiger partial charge in [0.05, 0.1) is 12.0 Å². The molecule has 0 heterocycles. The summed E-state index contributed by atoms with van der Waals surface area (Å²) < 4.78 is 0. The lowest BCUT2D eigenvalue weighted by molar-refractivity contribution is -0.141. The van der Waals surface area contributed by atoms with E-state index in [1.807, 2.05) is 6.92 Å². The first-order chi connectivity index (χ1) is 7.49. The molecule has 0 radical (unpaired) electrons. The van der Waals surface area contributed by atoms with Gasteiger partial charge >= 0.3 is 5.97 Å². The number of nitrogens with two attached hydrogens (primary N) is 1. The molecular formula is C11H22N2O3. The van der Waals surface area contributed by atoms with Gasteiger partial charge in [0.2, 0.25) is 5.91 Å². The van der Waals surface area contributed by atoms with Gasteiger partial charge in [0.25, 0.3) is 0 Å². The summed E-state index contributed by atoms with van der Waals surface area (Å²) in [6, 6.07) is -0.443. The quantitative estimate of drug-likeness (QED) is 0.536. The molecule has 0 rings (SSSR count). The van der Waals surface area contributed by atoms with Crippen LogP contribution in [0.2, 0.25) is 0 Å². The molecule has 0 aliphatic carbocycles. The molecule has 0 aliphatic rings. The Morgan fingerprint density at radius 2 is 2.00 bits per heavy atom. The van der Waals surface area contributed by atoms with Gasteiger partial charge in [-0.2, -0.15) is 0 Å². The third-order valence-electron chi connectivity index (χ3n) is 2.47. The fourth-order valence-electron chi connectivity index (χ4n) is 1.32. The number of amides is 1. The minimum Gasteiger partial charge on any atom is -0.481 e. The van der Waals surface area contributed by atoms with Gasteiger partial charge in [-0.25, -0.2) is 0 Å². The molecule has 0 spiro atoms. The van der Waals surface area contributed by atoms with Crippen LogP contribution in [0.1, 0.15) is 39.5 Å². The predicted octanol–water partition coefficient (Wildman–Crippen LogP) is 0.731. The zero-order chi connectivity index (χ0) is 12.6. The van der Waals surface area contributed by atoms with Crippen molar-refractivity contribution in [3.8, 4) is 0 Å². The van der Waals surface area contributed by atoms with Crippen LogP contribution >= 0.6 is 0 Å². The zero-order valence-corrected chi connectivity index (χ0v) is 10.0. The van der Waals surface area contributed by atoms with Crippen molar-refractivity contribution in [3.63, 3.8) is 0 Å². The van der Waals surface area contributed by atoms with E-state index in [0.717, 1.165) is 6.42 Å². The molecule has 2 unspecified atom stereocenters. The van der Waals surface area contributed by atoms with Gasteiger partial charge in [-0.3, -0.25) is 9.59 Å². The van der Waals surface area contributed by atoms with Gasteiger partial charge in [0, 0.05) is 6.54 Å². The molecule has 2 atom stereocenters. The fourth-order valence-corrected chi connectivity index (χ4v) is 1.32. The van der Waals surface area contributed by atoms with Crippen LogP contribution in [0.4, 0.5) is 0 Å². The molecular weight excluding hydrogens is 208 g/mol. The summed E-state index contributed by atoms with van der Waals surface area (Å²) in [7, 11) is 0. The number of hydrogen-bond donors (Lipinski definition) is 3. The topological polar surface area (TPSA) is 92.4 Å². The van der Waals surface area contributed by atoms with Crippen LogP contribution in [-0.2, 0) is 9.59 Å². The van der Waals surface area contributed by atoms with E-state index >= 15 is 0 Å². The summed E-state index contributed by atoms with van der Waals surface area (Å²) in [6.07, 6.45) is 2.79. The Labute approximate surface area is 96.4 Å². The Morgan fingerprint density at radius 1 is 1.38 bits per heavy atom. The Morgan fingerprint density at radius 3 is 2.50 bits per heavy atom. The van der Waals surface area contributed by atoms with Crippen LogP contribution in [0.3, 0.4) is 0 Å². The van der Waals surface area contributed by atoms with Crippen molar-refractivity contribution < 1.29 is 14.7 Å². The van der Waals surface area contributed by atoms with Crippen molar-refractivity contribution in [2.24, 2.45) is 11.7 Å². The fraction of sp³-hybridized carbons (Fsp3) is 0.818. The van der Waals surface area contributed by atoms with Crippen LogP contribution in [-0.4, -0.2) is 29.6 Å². The van der Waals surface area contributed by atoms with Gasteiger partial charge in [-0.05, 0) is 19.3 Å². The summed E-state index contributed by atoms with van der Waals surface area (Å²) in [6.45, 7) is 4.13. The molecule has 4 N–H and O–H groups in total. The van der Waals surface area contributed by atoms with E-state index in [0.29, 0.717) is 25.8 Å². The number of carbonyl (C=O) groups is 2. The van der Waals surface area contributed by atoms with Gasteiger partial charge in [-0.1, -0.05) is 20.3 Å². The molecule has 5 nitrogen and oxygen atoms in total. The Bertz CT molecular complexity index is 231. The Hall–Kier alpha value is -1.10. The van der Waals surface area contributed by atoms with Gasteiger partial charge in [0.1, 0.15) is 0 Å². The van der Waals surface area contributed by atoms with E-state index in [4.69, 9.17) is 10.8 Å². The summed E-state index contributed by atoms with van der Waals surface area (Å²) in [4.78, 5) is 21.9.